The van der Waals surface area contributed by atoms with Crippen LogP contribution < -0.4 is 15.8 Å². The lowest BCUT2D eigenvalue weighted by Crippen LogP contribution is -2.50. The third-order valence-corrected chi connectivity index (χ3v) is 2.90. The standard InChI is InChI=1S/C14H22N2O3.ClH/c1-14(2,16-13(17)11(15)9-18-3)10-7-5-6-8-12(10)19-4;/h5-8,11H,9,15H2,1-4H3,(H,16,17);1H. The molecule has 1 atom stereocenters. The molecule has 0 spiro atoms. The molecule has 3 N–H and O–H groups in total. The molecule has 1 unspecified atom stereocenters. The van der Waals surface area contributed by atoms with Gasteiger partial charge in [-0.1, -0.05) is 18.2 Å². The van der Waals surface area contributed by atoms with Crippen molar-refractivity contribution in [3.8, 4) is 5.75 Å². The number of amides is 1. The largest absolute Gasteiger partial charge is 0.496 e. The Balaban J connectivity index is 0.00000361. The molecule has 0 heterocycles. The average molecular weight is 303 g/mol. The van der Waals surface area contributed by atoms with Gasteiger partial charge in [0.15, 0.2) is 0 Å². The van der Waals surface area contributed by atoms with Crippen LogP contribution in [0.15, 0.2) is 24.3 Å². The number of carbonyl (C=O) groups excluding carboxylic acids is 1. The number of nitrogens with one attached hydrogen (secondary N) is 1. The summed E-state index contributed by atoms with van der Waals surface area (Å²) >= 11 is 0. The summed E-state index contributed by atoms with van der Waals surface area (Å²) in [5, 5.41) is 2.91. The molecule has 0 aromatic heterocycles. The summed E-state index contributed by atoms with van der Waals surface area (Å²) in [5.41, 5.74) is 6.04. The van der Waals surface area contributed by atoms with Gasteiger partial charge in [-0.25, -0.2) is 0 Å². The lowest BCUT2D eigenvalue weighted by molar-refractivity contribution is -0.125. The number of ether oxygens (including phenoxy) is 2. The number of methoxy groups -OCH3 is 2. The molecule has 20 heavy (non-hydrogen) atoms. The average Bonchev–Trinajstić information content (AvgIpc) is 2.38. The Hall–Kier alpha value is -1.30. The molecule has 0 aliphatic heterocycles. The zero-order chi connectivity index (χ0) is 14.5. The molecule has 0 aliphatic carbocycles. The van der Waals surface area contributed by atoms with E-state index < -0.39 is 11.6 Å². The van der Waals surface area contributed by atoms with Crippen molar-refractivity contribution in [2.24, 2.45) is 5.73 Å². The van der Waals surface area contributed by atoms with E-state index in [1.54, 1.807) is 7.11 Å². The van der Waals surface area contributed by atoms with Gasteiger partial charge in [-0.3, -0.25) is 4.79 Å². The molecule has 1 rings (SSSR count). The topological polar surface area (TPSA) is 73.6 Å². The van der Waals surface area contributed by atoms with Gasteiger partial charge in [0.05, 0.1) is 19.3 Å². The van der Waals surface area contributed by atoms with Crippen LogP contribution in [0.5, 0.6) is 5.75 Å². The summed E-state index contributed by atoms with van der Waals surface area (Å²) < 4.78 is 10.2. The molecule has 5 nitrogen and oxygen atoms in total. The highest BCUT2D eigenvalue weighted by molar-refractivity contribution is 5.85. The molecule has 0 fully saturated rings. The molecule has 1 aromatic rings. The van der Waals surface area contributed by atoms with Crippen molar-refractivity contribution < 1.29 is 14.3 Å². The van der Waals surface area contributed by atoms with Gasteiger partial charge in [0.25, 0.3) is 0 Å². The van der Waals surface area contributed by atoms with E-state index in [4.69, 9.17) is 15.2 Å². The first-order valence-electron chi connectivity index (χ1n) is 6.12. The van der Waals surface area contributed by atoms with Crippen molar-refractivity contribution >= 4 is 18.3 Å². The Morgan fingerprint density at radius 1 is 1.35 bits per heavy atom. The van der Waals surface area contributed by atoms with Crippen LogP contribution in [0.2, 0.25) is 0 Å². The summed E-state index contributed by atoms with van der Waals surface area (Å²) in [6.45, 7) is 4.00. The minimum absolute atomic E-state index is 0. The first kappa shape index (κ1) is 18.7. The smallest absolute Gasteiger partial charge is 0.239 e. The Morgan fingerprint density at radius 3 is 2.50 bits per heavy atom. The van der Waals surface area contributed by atoms with Crippen molar-refractivity contribution in [1.82, 2.24) is 5.32 Å². The van der Waals surface area contributed by atoms with E-state index in [2.05, 4.69) is 5.32 Å². The zero-order valence-corrected chi connectivity index (χ0v) is 13.1. The zero-order valence-electron chi connectivity index (χ0n) is 12.3. The highest BCUT2D eigenvalue weighted by Crippen LogP contribution is 2.29. The first-order chi connectivity index (χ1) is 8.92. The summed E-state index contributed by atoms with van der Waals surface area (Å²) in [6.07, 6.45) is 0. The Bertz CT molecular complexity index is 438. The molecule has 0 saturated heterocycles. The van der Waals surface area contributed by atoms with Gasteiger partial charge in [-0.2, -0.15) is 0 Å². The van der Waals surface area contributed by atoms with Crippen LogP contribution in [0.25, 0.3) is 0 Å². The first-order valence-corrected chi connectivity index (χ1v) is 6.12. The highest BCUT2D eigenvalue weighted by Gasteiger charge is 2.28. The lowest BCUT2D eigenvalue weighted by atomic mass is 9.93. The highest BCUT2D eigenvalue weighted by atomic mass is 35.5. The quantitative estimate of drug-likeness (QED) is 0.834. The fourth-order valence-corrected chi connectivity index (χ4v) is 1.88. The molecule has 0 aliphatic rings. The van der Waals surface area contributed by atoms with Gasteiger partial charge in [0.2, 0.25) is 5.91 Å². The predicted molar refractivity (Wildman–Crippen MR) is 81.3 cm³/mol. The van der Waals surface area contributed by atoms with Crippen molar-refractivity contribution in [3.05, 3.63) is 29.8 Å². The summed E-state index contributed by atoms with van der Waals surface area (Å²) in [7, 11) is 3.12. The van der Waals surface area contributed by atoms with Gasteiger partial charge < -0.3 is 20.5 Å². The van der Waals surface area contributed by atoms with Crippen LogP contribution >= 0.6 is 12.4 Å². The third-order valence-electron chi connectivity index (χ3n) is 2.90. The molecule has 0 bridgehead atoms. The monoisotopic (exact) mass is 302 g/mol. The maximum absolute atomic E-state index is 12.0. The van der Waals surface area contributed by atoms with Crippen LogP contribution in [0.3, 0.4) is 0 Å². The van der Waals surface area contributed by atoms with Crippen molar-refractivity contribution in [2.45, 2.75) is 25.4 Å². The van der Waals surface area contributed by atoms with E-state index in [1.807, 2.05) is 38.1 Å². The van der Waals surface area contributed by atoms with Gasteiger partial charge >= 0.3 is 0 Å². The van der Waals surface area contributed by atoms with Gasteiger partial charge in [0.1, 0.15) is 11.8 Å². The maximum Gasteiger partial charge on any atom is 0.239 e. The van der Waals surface area contributed by atoms with E-state index >= 15 is 0 Å². The van der Waals surface area contributed by atoms with Crippen LogP contribution in [0.4, 0.5) is 0 Å². The summed E-state index contributed by atoms with van der Waals surface area (Å²) in [6, 6.07) is 6.88. The Morgan fingerprint density at radius 2 is 1.95 bits per heavy atom. The molecule has 6 heteroatoms. The number of halogens is 1. The van der Waals surface area contributed by atoms with Gasteiger partial charge in [-0.05, 0) is 19.9 Å². The van der Waals surface area contributed by atoms with E-state index in [-0.39, 0.29) is 24.9 Å². The number of rotatable bonds is 6. The fraction of sp³-hybridized carbons (Fsp3) is 0.500. The number of carbonyl (C=O) groups is 1. The summed E-state index contributed by atoms with van der Waals surface area (Å²) in [4.78, 5) is 12.0. The number of hydrogen-bond acceptors (Lipinski definition) is 4. The minimum Gasteiger partial charge on any atom is -0.496 e. The molecular weight excluding hydrogens is 280 g/mol. The molecule has 1 aromatic carbocycles. The number of para-hydroxylation sites is 1. The van der Waals surface area contributed by atoms with Gasteiger partial charge in [0, 0.05) is 12.7 Å². The van der Waals surface area contributed by atoms with Crippen LogP contribution in [0.1, 0.15) is 19.4 Å². The van der Waals surface area contributed by atoms with Crippen molar-refractivity contribution in [2.75, 3.05) is 20.8 Å². The number of benzene rings is 1. The molecule has 0 saturated carbocycles. The fourth-order valence-electron chi connectivity index (χ4n) is 1.88. The Labute approximate surface area is 126 Å². The van der Waals surface area contributed by atoms with E-state index in [0.29, 0.717) is 0 Å². The SMILES string of the molecule is COCC(N)C(=O)NC(C)(C)c1ccccc1OC.Cl. The van der Waals surface area contributed by atoms with E-state index in [1.165, 1.54) is 7.11 Å². The second-order valence-corrected chi connectivity index (χ2v) is 4.88. The van der Waals surface area contributed by atoms with E-state index in [9.17, 15) is 4.79 Å². The van der Waals surface area contributed by atoms with Gasteiger partial charge in [-0.15, -0.1) is 12.4 Å². The number of nitrogens with two attached hydrogens (primary N) is 1. The van der Waals surface area contributed by atoms with Crippen LogP contribution in [-0.2, 0) is 15.1 Å². The van der Waals surface area contributed by atoms with Crippen LogP contribution in [0, 0.1) is 0 Å². The second-order valence-electron chi connectivity index (χ2n) is 4.88. The normalized spacial score (nSPS) is 12.2. The molecule has 114 valence electrons. The molecular formula is C14H23ClN2O3. The van der Waals surface area contributed by atoms with Crippen LogP contribution in [-0.4, -0.2) is 32.8 Å². The van der Waals surface area contributed by atoms with Crippen molar-refractivity contribution in [1.29, 1.82) is 0 Å². The third kappa shape index (κ3) is 4.67. The predicted octanol–water partition coefficient (Wildman–Crippen LogP) is 1.44. The Kier molecular flexibility index (Phi) is 7.57. The van der Waals surface area contributed by atoms with E-state index in [0.717, 1.165) is 11.3 Å². The molecule has 1 amide bonds. The maximum atomic E-state index is 12.0. The minimum atomic E-state index is -0.681. The summed E-state index contributed by atoms with van der Waals surface area (Å²) in [5.74, 6) is 0.478. The van der Waals surface area contributed by atoms with Crippen molar-refractivity contribution in [3.63, 3.8) is 0 Å². The lowest BCUT2D eigenvalue weighted by Gasteiger charge is -2.29. The second kappa shape index (κ2) is 8.09. The molecule has 0 radical (unpaired) electrons. The number of hydrogen-bond donors (Lipinski definition) is 2.